The topological polar surface area (TPSA) is 58.6 Å². The predicted octanol–water partition coefficient (Wildman–Crippen LogP) is 2.34. The van der Waals surface area contributed by atoms with Crippen LogP contribution in [0.5, 0.6) is 0 Å². The molecule has 0 bridgehead atoms. The van der Waals surface area contributed by atoms with Crippen molar-refractivity contribution in [3.63, 3.8) is 0 Å². The summed E-state index contributed by atoms with van der Waals surface area (Å²) in [5, 5.41) is 3.29. The van der Waals surface area contributed by atoms with Gasteiger partial charge in [0.2, 0.25) is 5.91 Å². The summed E-state index contributed by atoms with van der Waals surface area (Å²) in [6.07, 6.45) is 1.59. The molecule has 126 valence electrons. The number of benzene rings is 1. The maximum Gasteiger partial charge on any atom is 0.255 e. The number of halogens is 1. The van der Waals surface area contributed by atoms with E-state index in [0.717, 1.165) is 12.8 Å². The number of hydrogen-bond donors (Lipinski definition) is 1. The van der Waals surface area contributed by atoms with Crippen molar-refractivity contribution in [3.8, 4) is 0 Å². The lowest BCUT2D eigenvalue weighted by Crippen LogP contribution is -2.49. The molecule has 1 fully saturated rings. The van der Waals surface area contributed by atoms with Crippen molar-refractivity contribution in [1.82, 2.24) is 10.2 Å². The zero-order valence-electron chi connectivity index (χ0n) is 13.5. The van der Waals surface area contributed by atoms with Gasteiger partial charge in [0.05, 0.1) is 23.1 Å². The number of nitrogens with zero attached hydrogens (tertiary/aromatic N) is 1. The molecule has 2 unspecified atom stereocenters. The third kappa shape index (κ3) is 4.45. The van der Waals surface area contributed by atoms with Crippen LogP contribution in [-0.4, -0.2) is 49.6 Å². The lowest BCUT2D eigenvalue weighted by Gasteiger charge is -2.37. The maximum atomic E-state index is 12.7. The van der Waals surface area contributed by atoms with Gasteiger partial charge >= 0.3 is 0 Å². The lowest BCUT2D eigenvalue weighted by atomic mass is 9.92. The Bertz CT molecular complexity index is 565. The molecule has 2 amide bonds. The number of methoxy groups -OCH3 is 1. The zero-order chi connectivity index (χ0) is 16.8. The van der Waals surface area contributed by atoms with Crippen LogP contribution in [0.15, 0.2) is 24.3 Å². The molecule has 0 radical (unpaired) electrons. The Labute approximate surface area is 141 Å². The maximum absolute atomic E-state index is 12.7. The van der Waals surface area contributed by atoms with Gasteiger partial charge in [0.1, 0.15) is 0 Å². The number of nitrogens with one attached hydrogen (secondary N) is 1. The molecule has 2 rings (SSSR count). The molecule has 1 aromatic carbocycles. The summed E-state index contributed by atoms with van der Waals surface area (Å²) in [7, 11) is 1.60. The number of carbonyl (C=O) groups excluding carboxylic acids is 2. The van der Waals surface area contributed by atoms with Crippen LogP contribution in [0.1, 0.15) is 30.1 Å². The summed E-state index contributed by atoms with van der Waals surface area (Å²) < 4.78 is 4.93. The Morgan fingerprint density at radius 1 is 1.35 bits per heavy atom. The van der Waals surface area contributed by atoms with Crippen molar-refractivity contribution in [1.29, 1.82) is 0 Å². The molecule has 1 heterocycles. The standard InChI is InChI=1S/C17H23ClN2O3/c1-12-7-8-13(16(21)19-9-10-23-2)11-20(12)17(22)14-5-3-4-6-15(14)18/h3-6,12-13H,7-11H2,1-2H3,(H,19,21). The van der Waals surface area contributed by atoms with E-state index in [1.807, 2.05) is 6.92 Å². The van der Waals surface area contributed by atoms with Gasteiger partial charge in [-0.3, -0.25) is 9.59 Å². The summed E-state index contributed by atoms with van der Waals surface area (Å²) in [6.45, 7) is 3.40. The van der Waals surface area contributed by atoms with Crippen molar-refractivity contribution in [3.05, 3.63) is 34.9 Å². The highest BCUT2D eigenvalue weighted by atomic mass is 35.5. The van der Waals surface area contributed by atoms with Crippen LogP contribution in [0.2, 0.25) is 5.02 Å². The van der Waals surface area contributed by atoms with E-state index >= 15 is 0 Å². The molecule has 6 heteroatoms. The van der Waals surface area contributed by atoms with Gasteiger partial charge < -0.3 is 15.0 Å². The Hall–Kier alpha value is -1.59. The van der Waals surface area contributed by atoms with E-state index in [4.69, 9.17) is 16.3 Å². The fourth-order valence-electron chi connectivity index (χ4n) is 2.81. The molecule has 0 aromatic heterocycles. The largest absolute Gasteiger partial charge is 0.383 e. The molecule has 1 aliphatic heterocycles. The van der Waals surface area contributed by atoms with Crippen molar-refractivity contribution >= 4 is 23.4 Å². The van der Waals surface area contributed by atoms with Crippen molar-refractivity contribution in [2.75, 3.05) is 26.8 Å². The third-order valence-electron chi connectivity index (χ3n) is 4.22. The highest BCUT2D eigenvalue weighted by Gasteiger charge is 2.33. The van der Waals surface area contributed by atoms with Crippen LogP contribution >= 0.6 is 11.6 Å². The minimum atomic E-state index is -0.186. The molecule has 1 N–H and O–H groups in total. The minimum absolute atomic E-state index is 0.0223. The van der Waals surface area contributed by atoms with Gasteiger partial charge in [-0.25, -0.2) is 0 Å². The first-order valence-electron chi connectivity index (χ1n) is 7.86. The second-order valence-corrected chi connectivity index (χ2v) is 6.25. The van der Waals surface area contributed by atoms with E-state index in [1.54, 1.807) is 36.3 Å². The van der Waals surface area contributed by atoms with E-state index in [-0.39, 0.29) is 23.8 Å². The quantitative estimate of drug-likeness (QED) is 0.838. The Balaban J connectivity index is 2.04. The first kappa shape index (κ1) is 17.8. The van der Waals surface area contributed by atoms with Crippen LogP contribution in [0, 0.1) is 5.92 Å². The highest BCUT2D eigenvalue weighted by Crippen LogP contribution is 2.26. The van der Waals surface area contributed by atoms with Crippen molar-refractivity contribution < 1.29 is 14.3 Å². The van der Waals surface area contributed by atoms with Gasteiger partial charge in [-0.05, 0) is 31.9 Å². The first-order valence-corrected chi connectivity index (χ1v) is 8.24. The van der Waals surface area contributed by atoms with Crippen molar-refractivity contribution in [2.45, 2.75) is 25.8 Å². The van der Waals surface area contributed by atoms with E-state index in [1.165, 1.54) is 0 Å². The highest BCUT2D eigenvalue weighted by molar-refractivity contribution is 6.33. The summed E-state index contributed by atoms with van der Waals surface area (Å²) in [6, 6.07) is 7.12. The number of rotatable bonds is 5. The molecule has 1 aliphatic rings. The van der Waals surface area contributed by atoms with Gasteiger partial charge in [-0.15, -0.1) is 0 Å². The van der Waals surface area contributed by atoms with E-state index in [0.29, 0.717) is 30.3 Å². The average molecular weight is 339 g/mol. The van der Waals surface area contributed by atoms with Gasteiger partial charge in [0.25, 0.3) is 5.91 Å². The molecule has 23 heavy (non-hydrogen) atoms. The third-order valence-corrected chi connectivity index (χ3v) is 4.55. The minimum Gasteiger partial charge on any atom is -0.383 e. The van der Waals surface area contributed by atoms with Crippen LogP contribution in [0.4, 0.5) is 0 Å². The summed E-state index contributed by atoms with van der Waals surface area (Å²) in [5.41, 5.74) is 0.487. The monoisotopic (exact) mass is 338 g/mol. The van der Waals surface area contributed by atoms with Gasteiger partial charge in [-0.2, -0.15) is 0 Å². The number of amides is 2. The van der Waals surface area contributed by atoms with E-state index in [9.17, 15) is 9.59 Å². The lowest BCUT2D eigenvalue weighted by molar-refractivity contribution is -0.126. The first-order chi connectivity index (χ1) is 11.0. The smallest absolute Gasteiger partial charge is 0.255 e. The summed E-state index contributed by atoms with van der Waals surface area (Å²) >= 11 is 6.13. The molecular formula is C17H23ClN2O3. The molecule has 2 atom stereocenters. The van der Waals surface area contributed by atoms with Crippen LogP contribution in [0.25, 0.3) is 0 Å². The molecule has 5 nitrogen and oxygen atoms in total. The predicted molar refractivity (Wildman–Crippen MR) is 89.6 cm³/mol. The van der Waals surface area contributed by atoms with Gasteiger partial charge in [-0.1, -0.05) is 23.7 Å². The molecule has 0 saturated carbocycles. The Morgan fingerprint density at radius 2 is 2.09 bits per heavy atom. The number of piperidine rings is 1. The number of carbonyl (C=O) groups is 2. The second-order valence-electron chi connectivity index (χ2n) is 5.84. The Kier molecular flexibility index (Phi) is 6.42. The normalized spacial score (nSPS) is 21.1. The van der Waals surface area contributed by atoms with Crippen LogP contribution in [-0.2, 0) is 9.53 Å². The fraction of sp³-hybridized carbons (Fsp3) is 0.529. The number of ether oxygens (including phenoxy) is 1. The molecule has 1 saturated heterocycles. The Morgan fingerprint density at radius 3 is 2.78 bits per heavy atom. The zero-order valence-corrected chi connectivity index (χ0v) is 14.3. The van der Waals surface area contributed by atoms with Crippen LogP contribution in [0.3, 0.4) is 0 Å². The van der Waals surface area contributed by atoms with Gasteiger partial charge in [0.15, 0.2) is 0 Å². The SMILES string of the molecule is COCCNC(=O)C1CCC(C)N(C(=O)c2ccccc2Cl)C1. The van der Waals surface area contributed by atoms with Gasteiger partial charge in [0, 0.05) is 26.2 Å². The molecule has 0 aliphatic carbocycles. The van der Waals surface area contributed by atoms with E-state index < -0.39 is 0 Å². The second kappa shape index (κ2) is 8.31. The average Bonchev–Trinajstić information content (AvgIpc) is 2.55. The van der Waals surface area contributed by atoms with Crippen molar-refractivity contribution in [2.24, 2.45) is 5.92 Å². The summed E-state index contributed by atoms with van der Waals surface area (Å²) in [5.74, 6) is -0.321. The number of hydrogen-bond acceptors (Lipinski definition) is 3. The van der Waals surface area contributed by atoms with E-state index in [2.05, 4.69) is 5.32 Å². The number of likely N-dealkylation sites (tertiary alicyclic amines) is 1. The summed E-state index contributed by atoms with van der Waals surface area (Å²) in [4.78, 5) is 26.7. The van der Waals surface area contributed by atoms with Crippen LogP contribution < -0.4 is 5.32 Å². The molecule has 1 aromatic rings. The molecular weight excluding hydrogens is 316 g/mol. The fourth-order valence-corrected chi connectivity index (χ4v) is 3.03. The molecule has 0 spiro atoms.